The first-order chi connectivity index (χ1) is 12.5. The van der Waals surface area contributed by atoms with Gasteiger partial charge in [0.15, 0.2) is 0 Å². The fourth-order valence-corrected chi connectivity index (χ4v) is 3.00. The van der Waals surface area contributed by atoms with Gasteiger partial charge in [0.25, 0.3) is 0 Å². The van der Waals surface area contributed by atoms with Gasteiger partial charge in [0.2, 0.25) is 5.91 Å². The maximum atomic E-state index is 13.7. The van der Waals surface area contributed by atoms with Crippen molar-refractivity contribution in [3.63, 3.8) is 0 Å². The Morgan fingerprint density at radius 3 is 2.73 bits per heavy atom. The molecule has 136 valence electrons. The average molecular weight is 355 g/mol. The van der Waals surface area contributed by atoms with Crippen molar-refractivity contribution >= 4 is 5.91 Å². The molecule has 0 aliphatic heterocycles. The first-order valence-electron chi connectivity index (χ1n) is 8.61. The van der Waals surface area contributed by atoms with E-state index in [1.54, 1.807) is 24.5 Å². The quantitative estimate of drug-likeness (QED) is 0.705. The lowest BCUT2D eigenvalue weighted by atomic mass is 10.1. The number of carbonyl (C=O) groups excluding carboxylic acids is 1. The monoisotopic (exact) mass is 355 g/mol. The molecule has 5 nitrogen and oxygen atoms in total. The minimum absolute atomic E-state index is 0.133. The van der Waals surface area contributed by atoms with Crippen LogP contribution in [0.2, 0.25) is 0 Å². The number of rotatable bonds is 7. The largest absolute Gasteiger partial charge is 0.467 e. The number of hydrogen-bond acceptors (Lipinski definition) is 3. The lowest BCUT2D eigenvalue weighted by Gasteiger charge is -2.18. The summed E-state index contributed by atoms with van der Waals surface area (Å²) in [7, 11) is 0. The van der Waals surface area contributed by atoms with Crippen LogP contribution in [0.1, 0.15) is 35.2 Å². The first-order valence-corrected chi connectivity index (χ1v) is 8.61. The maximum Gasteiger partial charge on any atom is 0.220 e. The lowest BCUT2D eigenvalue weighted by molar-refractivity contribution is -0.121. The van der Waals surface area contributed by atoms with Gasteiger partial charge in [-0.25, -0.2) is 4.39 Å². The summed E-state index contributed by atoms with van der Waals surface area (Å²) in [5.74, 6) is 0.313. The van der Waals surface area contributed by atoms with E-state index in [0.717, 1.165) is 17.1 Å². The van der Waals surface area contributed by atoms with Crippen LogP contribution in [0.5, 0.6) is 0 Å². The number of aromatic nitrogens is 2. The Kier molecular flexibility index (Phi) is 5.51. The molecule has 1 N–H and O–H groups in total. The molecule has 1 atom stereocenters. The first kappa shape index (κ1) is 17.9. The van der Waals surface area contributed by atoms with Crippen molar-refractivity contribution < 1.29 is 13.6 Å². The van der Waals surface area contributed by atoms with Gasteiger partial charge < -0.3 is 9.73 Å². The van der Waals surface area contributed by atoms with Gasteiger partial charge in [-0.15, -0.1) is 0 Å². The smallest absolute Gasteiger partial charge is 0.220 e. The number of aryl methyl sites for hydroxylation is 3. The lowest BCUT2D eigenvalue weighted by Crippen LogP contribution is -2.32. The Balaban J connectivity index is 1.64. The van der Waals surface area contributed by atoms with E-state index >= 15 is 0 Å². The zero-order valence-electron chi connectivity index (χ0n) is 14.9. The normalized spacial score (nSPS) is 12.1. The Hall–Kier alpha value is -2.89. The van der Waals surface area contributed by atoms with Crippen LogP contribution in [0.3, 0.4) is 0 Å². The predicted molar refractivity (Wildman–Crippen MR) is 96.3 cm³/mol. The molecule has 0 fully saturated rings. The van der Waals surface area contributed by atoms with Crippen LogP contribution < -0.4 is 5.32 Å². The predicted octanol–water partition coefficient (Wildman–Crippen LogP) is 3.57. The van der Waals surface area contributed by atoms with E-state index < -0.39 is 0 Å². The summed E-state index contributed by atoms with van der Waals surface area (Å²) in [6, 6.07) is 12.0. The van der Waals surface area contributed by atoms with Crippen molar-refractivity contribution in [2.75, 3.05) is 6.54 Å². The van der Waals surface area contributed by atoms with Crippen LogP contribution in [-0.4, -0.2) is 22.2 Å². The molecule has 0 bridgehead atoms. The Bertz CT molecular complexity index is 871. The van der Waals surface area contributed by atoms with Crippen LogP contribution in [0.15, 0.2) is 53.1 Å². The zero-order valence-corrected chi connectivity index (χ0v) is 14.9. The zero-order chi connectivity index (χ0) is 18.5. The third-order valence-corrected chi connectivity index (χ3v) is 4.28. The molecule has 0 spiro atoms. The average Bonchev–Trinajstić information content (AvgIpc) is 3.25. The van der Waals surface area contributed by atoms with Crippen molar-refractivity contribution in [3.8, 4) is 0 Å². The second-order valence-corrected chi connectivity index (χ2v) is 6.30. The fraction of sp³-hybridized carbons (Fsp3) is 0.300. The number of nitrogens with one attached hydrogen (secondary N) is 1. The van der Waals surface area contributed by atoms with E-state index in [1.807, 2.05) is 36.7 Å². The molecule has 3 rings (SSSR count). The number of benzene rings is 1. The van der Waals surface area contributed by atoms with Crippen LogP contribution in [0, 0.1) is 19.7 Å². The second-order valence-electron chi connectivity index (χ2n) is 6.30. The number of amides is 1. The van der Waals surface area contributed by atoms with E-state index in [9.17, 15) is 9.18 Å². The van der Waals surface area contributed by atoms with Crippen molar-refractivity contribution in [1.29, 1.82) is 0 Å². The molecule has 26 heavy (non-hydrogen) atoms. The SMILES string of the molecule is Cc1cc(C)n(C(CNC(=O)CCc2ccccc2F)c2ccco2)n1. The molecule has 0 saturated carbocycles. The van der Waals surface area contributed by atoms with Crippen LogP contribution in [0.4, 0.5) is 4.39 Å². The molecular weight excluding hydrogens is 333 g/mol. The standard InChI is InChI=1S/C20H22FN3O2/c1-14-12-15(2)24(23-14)18(19-8-5-11-26-19)13-22-20(25)10-9-16-6-3-4-7-17(16)21/h3-8,11-12,18H,9-10,13H2,1-2H3,(H,22,25). The van der Waals surface area contributed by atoms with Gasteiger partial charge in [0.05, 0.1) is 12.0 Å². The maximum absolute atomic E-state index is 13.7. The second kappa shape index (κ2) is 7.99. The third-order valence-electron chi connectivity index (χ3n) is 4.28. The van der Waals surface area contributed by atoms with Gasteiger partial charge in [-0.1, -0.05) is 18.2 Å². The molecule has 1 amide bonds. The van der Waals surface area contributed by atoms with Gasteiger partial charge in [0.1, 0.15) is 17.6 Å². The highest BCUT2D eigenvalue weighted by atomic mass is 19.1. The summed E-state index contributed by atoms with van der Waals surface area (Å²) in [5, 5.41) is 7.42. The molecule has 0 radical (unpaired) electrons. The van der Waals surface area contributed by atoms with Gasteiger partial charge >= 0.3 is 0 Å². The van der Waals surface area contributed by atoms with E-state index in [2.05, 4.69) is 10.4 Å². The molecule has 1 unspecified atom stereocenters. The molecule has 1 aromatic carbocycles. The molecule has 3 aromatic rings. The molecule has 2 heterocycles. The topological polar surface area (TPSA) is 60.1 Å². The summed E-state index contributed by atoms with van der Waals surface area (Å²) >= 11 is 0. The Morgan fingerprint density at radius 2 is 2.08 bits per heavy atom. The summed E-state index contributed by atoms with van der Waals surface area (Å²) in [5.41, 5.74) is 2.44. The highest BCUT2D eigenvalue weighted by Crippen LogP contribution is 2.20. The van der Waals surface area contributed by atoms with E-state index in [4.69, 9.17) is 4.42 Å². The van der Waals surface area contributed by atoms with Gasteiger partial charge in [-0.3, -0.25) is 9.48 Å². The van der Waals surface area contributed by atoms with Crippen LogP contribution in [-0.2, 0) is 11.2 Å². The summed E-state index contributed by atoms with van der Waals surface area (Å²) in [6.07, 6.45) is 2.20. The number of hydrogen-bond donors (Lipinski definition) is 1. The summed E-state index contributed by atoms with van der Waals surface area (Å²) < 4.78 is 21.0. The molecule has 0 saturated heterocycles. The molecule has 0 aliphatic rings. The molecule has 0 aliphatic carbocycles. The minimum atomic E-state index is -0.281. The van der Waals surface area contributed by atoms with Crippen LogP contribution >= 0.6 is 0 Å². The molecular formula is C20H22FN3O2. The van der Waals surface area contributed by atoms with Gasteiger partial charge in [0, 0.05) is 18.7 Å². The molecule has 2 aromatic heterocycles. The molecule has 6 heteroatoms. The Morgan fingerprint density at radius 1 is 1.27 bits per heavy atom. The van der Waals surface area contributed by atoms with Crippen LogP contribution in [0.25, 0.3) is 0 Å². The summed E-state index contributed by atoms with van der Waals surface area (Å²) in [6.45, 7) is 4.25. The van der Waals surface area contributed by atoms with Crippen molar-refractivity contribution in [3.05, 3.63) is 77.3 Å². The Labute approximate surface area is 151 Å². The highest BCUT2D eigenvalue weighted by molar-refractivity contribution is 5.76. The van der Waals surface area contributed by atoms with E-state index in [-0.39, 0.29) is 24.2 Å². The minimum Gasteiger partial charge on any atom is -0.467 e. The number of halogens is 1. The van der Waals surface area contributed by atoms with E-state index in [1.165, 1.54) is 6.07 Å². The van der Waals surface area contributed by atoms with Crippen molar-refractivity contribution in [1.82, 2.24) is 15.1 Å². The third kappa shape index (κ3) is 4.20. The number of carbonyl (C=O) groups is 1. The highest BCUT2D eigenvalue weighted by Gasteiger charge is 2.20. The number of nitrogens with zero attached hydrogens (tertiary/aromatic N) is 2. The number of furan rings is 1. The van der Waals surface area contributed by atoms with Gasteiger partial charge in [-0.05, 0) is 50.1 Å². The van der Waals surface area contributed by atoms with E-state index in [0.29, 0.717) is 18.5 Å². The van der Waals surface area contributed by atoms with Crippen molar-refractivity contribution in [2.24, 2.45) is 0 Å². The van der Waals surface area contributed by atoms with Crippen molar-refractivity contribution in [2.45, 2.75) is 32.7 Å². The van der Waals surface area contributed by atoms with Gasteiger partial charge in [-0.2, -0.15) is 5.10 Å². The fourth-order valence-electron chi connectivity index (χ4n) is 3.00. The summed E-state index contributed by atoms with van der Waals surface area (Å²) in [4.78, 5) is 12.2.